The van der Waals surface area contributed by atoms with Gasteiger partial charge in [-0.3, -0.25) is 4.98 Å². The average molecular weight is 329 g/mol. The molecule has 0 bridgehead atoms. The number of methoxy groups -OCH3 is 1. The van der Waals surface area contributed by atoms with Crippen LogP contribution in [0.1, 0.15) is 18.7 Å². The van der Waals surface area contributed by atoms with Crippen molar-refractivity contribution >= 4 is 22.5 Å². The summed E-state index contributed by atoms with van der Waals surface area (Å²) in [5, 5.41) is 1.48. The van der Waals surface area contributed by atoms with Gasteiger partial charge in [-0.1, -0.05) is 17.7 Å². The summed E-state index contributed by atoms with van der Waals surface area (Å²) >= 11 is 6.20. The summed E-state index contributed by atoms with van der Waals surface area (Å²) in [6.45, 7) is 1.91. The van der Waals surface area contributed by atoms with Crippen molar-refractivity contribution in [2.45, 2.75) is 13.0 Å². The Balaban J connectivity index is 1.90. The van der Waals surface area contributed by atoms with Gasteiger partial charge in [0.25, 0.3) is 0 Å². The van der Waals surface area contributed by atoms with Crippen molar-refractivity contribution in [1.29, 1.82) is 0 Å². The molecule has 0 aliphatic heterocycles. The SMILES string of the molecule is COc1ccc(Oc2ccc3nc(C(C)N)ccc3c2)c(Cl)c1. The highest BCUT2D eigenvalue weighted by Gasteiger charge is 2.07. The Bertz CT molecular complexity index is 850. The molecule has 1 heterocycles. The molecule has 1 atom stereocenters. The number of fused-ring (bicyclic) bond motifs is 1. The highest BCUT2D eigenvalue weighted by molar-refractivity contribution is 6.32. The summed E-state index contributed by atoms with van der Waals surface area (Å²) < 4.78 is 11.0. The Kier molecular flexibility index (Phi) is 4.37. The summed E-state index contributed by atoms with van der Waals surface area (Å²) in [6, 6.07) is 14.8. The number of pyridine rings is 1. The third-order valence-corrected chi connectivity index (χ3v) is 3.81. The molecule has 0 aliphatic rings. The van der Waals surface area contributed by atoms with E-state index in [9.17, 15) is 0 Å². The zero-order valence-corrected chi connectivity index (χ0v) is 13.7. The lowest BCUT2D eigenvalue weighted by molar-refractivity contribution is 0.413. The average Bonchev–Trinajstić information content (AvgIpc) is 2.56. The Morgan fingerprint density at radius 3 is 2.52 bits per heavy atom. The number of hydrogen-bond donors (Lipinski definition) is 1. The van der Waals surface area contributed by atoms with Crippen LogP contribution in [0.4, 0.5) is 0 Å². The van der Waals surface area contributed by atoms with Gasteiger partial charge >= 0.3 is 0 Å². The number of halogens is 1. The quantitative estimate of drug-likeness (QED) is 0.753. The summed E-state index contributed by atoms with van der Waals surface area (Å²) in [4.78, 5) is 4.54. The van der Waals surface area contributed by atoms with Crippen molar-refractivity contribution < 1.29 is 9.47 Å². The number of benzene rings is 2. The number of rotatable bonds is 4. The van der Waals surface area contributed by atoms with Gasteiger partial charge in [-0.2, -0.15) is 0 Å². The zero-order chi connectivity index (χ0) is 16.4. The first kappa shape index (κ1) is 15.6. The lowest BCUT2D eigenvalue weighted by Gasteiger charge is -2.10. The van der Waals surface area contributed by atoms with Crippen molar-refractivity contribution in [2.75, 3.05) is 7.11 Å². The second-order valence-corrected chi connectivity index (χ2v) is 5.68. The molecule has 3 aromatic rings. The van der Waals surface area contributed by atoms with Gasteiger partial charge in [0.1, 0.15) is 17.2 Å². The summed E-state index contributed by atoms with van der Waals surface area (Å²) in [7, 11) is 1.60. The minimum Gasteiger partial charge on any atom is -0.497 e. The van der Waals surface area contributed by atoms with E-state index in [1.54, 1.807) is 25.3 Å². The first-order valence-electron chi connectivity index (χ1n) is 7.24. The van der Waals surface area contributed by atoms with Crippen LogP contribution in [-0.4, -0.2) is 12.1 Å². The zero-order valence-electron chi connectivity index (χ0n) is 12.9. The van der Waals surface area contributed by atoms with Crippen molar-refractivity contribution in [3.05, 3.63) is 59.2 Å². The van der Waals surface area contributed by atoms with Crippen molar-refractivity contribution in [3.63, 3.8) is 0 Å². The van der Waals surface area contributed by atoms with Gasteiger partial charge in [-0.05, 0) is 43.3 Å². The van der Waals surface area contributed by atoms with E-state index in [2.05, 4.69) is 4.98 Å². The van der Waals surface area contributed by atoms with E-state index in [0.717, 1.165) is 16.6 Å². The van der Waals surface area contributed by atoms with Gasteiger partial charge < -0.3 is 15.2 Å². The van der Waals surface area contributed by atoms with Crippen LogP contribution in [0.5, 0.6) is 17.2 Å². The standard InChI is InChI=1S/C18H17ClN2O2/c1-11(20)16-6-3-12-9-14(4-7-17(12)21-16)23-18-8-5-13(22-2)10-15(18)19/h3-11H,20H2,1-2H3. The van der Waals surface area contributed by atoms with E-state index in [4.69, 9.17) is 26.8 Å². The Morgan fingerprint density at radius 1 is 1.04 bits per heavy atom. The van der Waals surface area contributed by atoms with Crippen LogP contribution in [0, 0.1) is 0 Å². The van der Waals surface area contributed by atoms with Crippen LogP contribution in [-0.2, 0) is 0 Å². The molecule has 2 N–H and O–H groups in total. The van der Waals surface area contributed by atoms with Gasteiger partial charge in [0.15, 0.2) is 0 Å². The first-order chi connectivity index (χ1) is 11.1. The minimum atomic E-state index is -0.0894. The lowest BCUT2D eigenvalue weighted by Crippen LogP contribution is -2.06. The fourth-order valence-corrected chi connectivity index (χ4v) is 2.46. The van der Waals surface area contributed by atoms with Gasteiger partial charge in [-0.25, -0.2) is 0 Å². The maximum atomic E-state index is 6.20. The molecule has 0 saturated heterocycles. The van der Waals surface area contributed by atoms with E-state index in [1.807, 2.05) is 37.3 Å². The van der Waals surface area contributed by atoms with Crippen molar-refractivity contribution in [1.82, 2.24) is 4.98 Å². The van der Waals surface area contributed by atoms with E-state index < -0.39 is 0 Å². The van der Waals surface area contributed by atoms with Crippen LogP contribution in [0.15, 0.2) is 48.5 Å². The van der Waals surface area contributed by atoms with Crippen LogP contribution in [0.2, 0.25) is 5.02 Å². The molecule has 0 fully saturated rings. The summed E-state index contributed by atoms with van der Waals surface area (Å²) in [6.07, 6.45) is 0. The normalized spacial score (nSPS) is 12.2. The van der Waals surface area contributed by atoms with Gasteiger partial charge in [0, 0.05) is 17.5 Å². The molecule has 0 spiro atoms. The summed E-state index contributed by atoms with van der Waals surface area (Å²) in [5.41, 5.74) is 7.61. The molecule has 118 valence electrons. The predicted molar refractivity (Wildman–Crippen MR) is 92.4 cm³/mol. The van der Waals surface area contributed by atoms with E-state index in [0.29, 0.717) is 22.3 Å². The molecule has 2 aromatic carbocycles. The van der Waals surface area contributed by atoms with Crippen LogP contribution >= 0.6 is 11.6 Å². The molecule has 23 heavy (non-hydrogen) atoms. The maximum Gasteiger partial charge on any atom is 0.146 e. The topological polar surface area (TPSA) is 57.4 Å². The fraction of sp³-hybridized carbons (Fsp3) is 0.167. The van der Waals surface area contributed by atoms with Gasteiger partial charge in [0.2, 0.25) is 0 Å². The van der Waals surface area contributed by atoms with E-state index >= 15 is 0 Å². The van der Waals surface area contributed by atoms with E-state index in [-0.39, 0.29) is 6.04 Å². The second-order valence-electron chi connectivity index (χ2n) is 5.28. The minimum absolute atomic E-state index is 0.0894. The second kappa shape index (κ2) is 6.44. The van der Waals surface area contributed by atoms with Crippen LogP contribution in [0.3, 0.4) is 0 Å². The van der Waals surface area contributed by atoms with E-state index in [1.165, 1.54) is 0 Å². The lowest BCUT2D eigenvalue weighted by atomic mass is 10.1. The number of ether oxygens (including phenoxy) is 2. The third kappa shape index (κ3) is 3.38. The fourth-order valence-electron chi connectivity index (χ4n) is 2.25. The van der Waals surface area contributed by atoms with Crippen molar-refractivity contribution in [2.24, 2.45) is 5.73 Å². The molecule has 4 nitrogen and oxygen atoms in total. The number of hydrogen-bond acceptors (Lipinski definition) is 4. The number of nitrogens with zero attached hydrogens (tertiary/aromatic N) is 1. The molecule has 0 aliphatic carbocycles. The summed E-state index contributed by atoms with van der Waals surface area (Å²) in [5.74, 6) is 1.96. The molecular formula is C18H17ClN2O2. The smallest absolute Gasteiger partial charge is 0.146 e. The molecular weight excluding hydrogens is 312 g/mol. The van der Waals surface area contributed by atoms with Crippen LogP contribution < -0.4 is 15.2 Å². The Labute approximate surface area is 139 Å². The molecule has 1 unspecified atom stereocenters. The monoisotopic (exact) mass is 328 g/mol. The largest absolute Gasteiger partial charge is 0.497 e. The Morgan fingerprint density at radius 2 is 1.83 bits per heavy atom. The first-order valence-corrected chi connectivity index (χ1v) is 7.62. The number of nitrogens with two attached hydrogens (primary N) is 1. The van der Waals surface area contributed by atoms with Crippen molar-refractivity contribution in [3.8, 4) is 17.2 Å². The van der Waals surface area contributed by atoms with Gasteiger partial charge in [0.05, 0.1) is 23.3 Å². The number of aromatic nitrogens is 1. The highest BCUT2D eigenvalue weighted by atomic mass is 35.5. The molecule has 0 radical (unpaired) electrons. The molecule has 0 amide bonds. The Hall–Kier alpha value is -2.30. The molecule has 1 aromatic heterocycles. The molecule has 5 heteroatoms. The van der Waals surface area contributed by atoms with Crippen LogP contribution in [0.25, 0.3) is 10.9 Å². The molecule has 0 saturated carbocycles. The van der Waals surface area contributed by atoms with Gasteiger partial charge in [-0.15, -0.1) is 0 Å². The predicted octanol–water partition coefficient (Wildman–Crippen LogP) is 4.71. The maximum absolute atomic E-state index is 6.20. The molecule has 3 rings (SSSR count). The highest BCUT2D eigenvalue weighted by Crippen LogP contribution is 2.33. The third-order valence-electron chi connectivity index (χ3n) is 3.52.